The minimum Gasteiger partial charge on any atom is -0.447 e. The summed E-state index contributed by atoms with van der Waals surface area (Å²) >= 11 is 6.28. The summed E-state index contributed by atoms with van der Waals surface area (Å²) in [7, 11) is 1.54. The van der Waals surface area contributed by atoms with E-state index in [-0.39, 0.29) is 18.7 Å². The van der Waals surface area contributed by atoms with E-state index in [9.17, 15) is 9.59 Å². The number of aromatic nitrogens is 7. The van der Waals surface area contributed by atoms with Crippen molar-refractivity contribution in [3.8, 4) is 28.1 Å². The summed E-state index contributed by atoms with van der Waals surface area (Å²) in [6.07, 6.45) is 0.932. The van der Waals surface area contributed by atoms with Gasteiger partial charge in [-0.3, -0.25) is 10.1 Å². The lowest BCUT2D eigenvalue weighted by atomic mass is 10.0. The number of H-pyrrole nitrogens is 1. The molecule has 0 fully saturated rings. The maximum atomic E-state index is 13.3. The number of halogens is 1. The monoisotopic (exact) mass is 574 g/mol. The normalized spacial score (nSPS) is 11.0. The van der Waals surface area contributed by atoms with Gasteiger partial charge in [0.25, 0.3) is 5.56 Å². The van der Waals surface area contributed by atoms with Crippen LogP contribution in [0.1, 0.15) is 17.2 Å². The van der Waals surface area contributed by atoms with E-state index in [4.69, 9.17) is 26.1 Å². The highest BCUT2D eigenvalue weighted by molar-refractivity contribution is 6.31. The molecule has 1 amide bonds. The fourth-order valence-corrected chi connectivity index (χ4v) is 4.58. The number of hydrogen-bond acceptors (Lipinski definition) is 8. The zero-order valence-corrected chi connectivity index (χ0v) is 23.3. The number of carbonyl (C=O) groups excluding carboxylic acids is 1. The molecule has 0 saturated carbocycles. The number of aryl methyl sites for hydroxylation is 2. The standard InChI is InChI=1S/C28H27ClN8O4/c1-17-12-20(23-14-21(29)6-9-24(23)37-16-30-34-35-37)13-26(38)36(17)15-25-31-18(2)27(33-25)19-4-7-22(8-5-19)32-28(39)41-11-10-40-3/h4-9,12-14,16H,10-11,15H2,1-3H3,(H,31,33)(H,32,39). The van der Waals surface area contributed by atoms with Crippen molar-refractivity contribution >= 4 is 23.4 Å². The van der Waals surface area contributed by atoms with E-state index >= 15 is 0 Å². The van der Waals surface area contributed by atoms with Gasteiger partial charge < -0.3 is 19.0 Å². The molecule has 12 nitrogen and oxygen atoms in total. The Morgan fingerprint density at radius 2 is 1.85 bits per heavy atom. The van der Waals surface area contributed by atoms with Gasteiger partial charge in [-0.2, -0.15) is 4.68 Å². The Balaban J connectivity index is 1.35. The molecule has 0 atom stereocenters. The summed E-state index contributed by atoms with van der Waals surface area (Å²) in [6, 6.07) is 16.1. The number of hydrogen-bond donors (Lipinski definition) is 2. The first-order valence-electron chi connectivity index (χ1n) is 12.7. The molecule has 0 saturated heterocycles. The molecule has 0 aliphatic heterocycles. The molecule has 0 unspecified atom stereocenters. The van der Waals surface area contributed by atoms with Gasteiger partial charge in [-0.1, -0.05) is 23.7 Å². The van der Waals surface area contributed by atoms with E-state index in [2.05, 4.69) is 25.8 Å². The average molecular weight is 575 g/mol. The van der Waals surface area contributed by atoms with Crippen LogP contribution in [0.5, 0.6) is 0 Å². The van der Waals surface area contributed by atoms with E-state index in [1.165, 1.54) is 18.1 Å². The van der Waals surface area contributed by atoms with Gasteiger partial charge in [-0.15, -0.1) is 5.10 Å². The van der Waals surface area contributed by atoms with E-state index in [0.29, 0.717) is 34.4 Å². The number of nitrogens with zero attached hydrogens (tertiary/aromatic N) is 6. The fourth-order valence-electron chi connectivity index (χ4n) is 4.41. The Morgan fingerprint density at radius 1 is 1.05 bits per heavy atom. The van der Waals surface area contributed by atoms with Crippen molar-refractivity contribution < 1.29 is 14.3 Å². The topological polar surface area (TPSA) is 142 Å². The quantitative estimate of drug-likeness (QED) is 0.247. The second-order valence-corrected chi connectivity index (χ2v) is 9.65. The third-order valence-electron chi connectivity index (χ3n) is 6.37. The summed E-state index contributed by atoms with van der Waals surface area (Å²) in [4.78, 5) is 33.2. The number of imidazole rings is 1. The molecule has 13 heteroatoms. The number of pyridine rings is 1. The lowest BCUT2D eigenvalue weighted by Crippen LogP contribution is -2.23. The summed E-state index contributed by atoms with van der Waals surface area (Å²) in [6.45, 7) is 4.55. The molecule has 0 aliphatic carbocycles. The lowest BCUT2D eigenvalue weighted by molar-refractivity contribution is 0.107. The van der Waals surface area contributed by atoms with Crippen LogP contribution in [-0.4, -0.2) is 61.2 Å². The molecule has 2 N–H and O–H groups in total. The van der Waals surface area contributed by atoms with Crippen LogP contribution in [0.3, 0.4) is 0 Å². The van der Waals surface area contributed by atoms with Crippen LogP contribution in [0.25, 0.3) is 28.1 Å². The van der Waals surface area contributed by atoms with Crippen LogP contribution < -0.4 is 10.9 Å². The summed E-state index contributed by atoms with van der Waals surface area (Å²) in [5, 5.41) is 14.6. The number of methoxy groups -OCH3 is 1. The zero-order chi connectivity index (χ0) is 28.9. The second-order valence-electron chi connectivity index (χ2n) is 9.21. The molecule has 5 aromatic rings. The number of benzene rings is 2. The van der Waals surface area contributed by atoms with Crippen LogP contribution in [0.4, 0.5) is 10.5 Å². The van der Waals surface area contributed by atoms with Crippen molar-refractivity contribution in [2.24, 2.45) is 0 Å². The Hall–Kier alpha value is -4.81. The molecule has 2 aromatic carbocycles. The number of ether oxygens (including phenoxy) is 2. The predicted molar refractivity (Wildman–Crippen MR) is 153 cm³/mol. The van der Waals surface area contributed by atoms with Crippen molar-refractivity contribution in [1.82, 2.24) is 34.7 Å². The van der Waals surface area contributed by atoms with Crippen LogP contribution >= 0.6 is 11.6 Å². The highest BCUT2D eigenvalue weighted by Crippen LogP contribution is 2.29. The third kappa shape index (κ3) is 6.34. The van der Waals surface area contributed by atoms with Crippen molar-refractivity contribution in [3.63, 3.8) is 0 Å². The van der Waals surface area contributed by atoms with Crippen LogP contribution in [-0.2, 0) is 16.0 Å². The van der Waals surface area contributed by atoms with E-state index < -0.39 is 6.09 Å². The third-order valence-corrected chi connectivity index (χ3v) is 6.60. The molecule has 3 heterocycles. The maximum absolute atomic E-state index is 13.3. The number of carbonyl (C=O) groups is 1. The lowest BCUT2D eigenvalue weighted by Gasteiger charge is -2.13. The number of tetrazole rings is 1. The first-order valence-corrected chi connectivity index (χ1v) is 13.0. The predicted octanol–water partition coefficient (Wildman–Crippen LogP) is 4.39. The highest BCUT2D eigenvalue weighted by atomic mass is 35.5. The van der Waals surface area contributed by atoms with Crippen LogP contribution in [0, 0.1) is 13.8 Å². The minimum atomic E-state index is -0.554. The molecule has 0 spiro atoms. The van der Waals surface area contributed by atoms with Gasteiger partial charge in [0.15, 0.2) is 0 Å². The van der Waals surface area contributed by atoms with Gasteiger partial charge in [0.1, 0.15) is 18.8 Å². The summed E-state index contributed by atoms with van der Waals surface area (Å²) in [5.41, 5.74) is 5.75. The van der Waals surface area contributed by atoms with Crippen molar-refractivity contribution in [1.29, 1.82) is 0 Å². The van der Waals surface area contributed by atoms with Crippen LogP contribution in [0.15, 0.2) is 65.7 Å². The molecule has 0 radical (unpaired) electrons. The maximum Gasteiger partial charge on any atom is 0.411 e. The fraction of sp³-hybridized carbons (Fsp3) is 0.214. The number of nitrogens with one attached hydrogen (secondary N) is 2. The number of anilines is 1. The Labute approximate surface area is 239 Å². The first-order chi connectivity index (χ1) is 19.8. The van der Waals surface area contributed by atoms with E-state index in [0.717, 1.165) is 28.2 Å². The first kappa shape index (κ1) is 27.7. The van der Waals surface area contributed by atoms with Crippen molar-refractivity contribution in [2.75, 3.05) is 25.6 Å². The van der Waals surface area contributed by atoms with Gasteiger partial charge in [0.2, 0.25) is 0 Å². The smallest absolute Gasteiger partial charge is 0.411 e. The molecule has 41 heavy (non-hydrogen) atoms. The molecular weight excluding hydrogens is 548 g/mol. The number of rotatable bonds is 9. The average Bonchev–Trinajstić information content (AvgIpc) is 3.61. The molecule has 5 rings (SSSR count). The second kappa shape index (κ2) is 12.1. The van der Waals surface area contributed by atoms with Crippen molar-refractivity contribution in [3.05, 3.63) is 93.5 Å². The highest BCUT2D eigenvalue weighted by Gasteiger charge is 2.15. The molecule has 3 aromatic heterocycles. The van der Waals surface area contributed by atoms with Gasteiger partial charge >= 0.3 is 6.09 Å². The molecule has 0 aliphatic rings. The summed E-state index contributed by atoms with van der Waals surface area (Å²) < 4.78 is 13.1. The van der Waals surface area contributed by atoms with Gasteiger partial charge in [-0.05, 0) is 66.2 Å². The number of amides is 1. The summed E-state index contributed by atoms with van der Waals surface area (Å²) in [5.74, 6) is 0.636. The van der Waals surface area contributed by atoms with Crippen LogP contribution in [0.2, 0.25) is 5.02 Å². The van der Waals surface area contributed by atoms with E-state index in [1.54, 1.807) is 41.0 Å². The zero-order valence-electron chi connectivity index (χ0n) is 22.6. The van der Waals surface area contributed by atoms with Crippen molar-refractivity contribution in [2.45, 2.75) is 20.4 Å². The van der Waals surface area contributed by atoms with Gasteiger partial charge in [0.05, 0.1) is 24.5 Å². The Kier molecular flexibility index (Phi) is 8.22. The molecular formula is C28H27ClN8O4. The Bertz CT molecular complexity index is 1730. The largest absolute Gasteiger partial charge is 0.447 e. The Morgan fingerprint density at radius 3 is 2.56 bits per heavy atom. The van der Waals surface area contributed by atoms with Gasteiger partial charge in [0, 0.05) is 46.4 Å². The SMILES string of the molecule is COCCOC(=O)Nc1ccc(-c2nc(Cn3c(C)cc(-c4cc(Cl)ccc4-n4cnnn4)cc3=O)[nH]c2C)cc1. The molecule has 210 valence electrons. The molecule has 0 bridgehead atoms. The van der Waals surface area contributed by atoms with E-state index in [1.807, 2.05) is 32.0 Å². The minimum absolute atomic E-state index is 0.170. The van der Waals surface area contributed by atoms with Gasteiger partial charge in [-0.25, -0.2) is 9.78 Å². The number of aromatic amines is 1.